The van der Waals surface area contributed by atoms with Gasteiger partial charge in [0.25, 0.3) is 0 Å². The van der Waals surface area contributed by atoms with Gasteiger partial charge in [0.1, 0.15) is 13.0 Å². The Labute approximate surface area is 86.9 Å². The molecule has 0 rings (SSSR count). The van der Waals surface area contributed by atoms with E-state index in [1.807, 2.05) is 25.2 Å². The van der Waals surface area contributed by atoms with Gasteiger partial charge in [-0.1, -0.05) is 13.8 Å². The highest BCUT2D eigenvalue weighted by Crippen LogP contribution is 2.03. The number of rotatable bonds is 8. The van der Waals surface area contributed by atoms with Crippen molar-refractivity contribution in [1.29, 1.82) is 0 Å². The molecule has 14 heavy (non-hydrogen) atoms. The summed E-state index contributed by atoms with van der Waals surface area (Å²) < 4.78 is 10.6. The number of hydrogen-bond donors (Lipinski definition) is 0. The molecule has 1 unspecified atom stereocenters. The van der Waals surface area contributed by atoms with Crippen molar-refractivity contribution < 1.29 is 9.47 Å². The van der Waals surface area contributed by atoms with E-state index in [9.17, 15) is 0 Å². The van der Waals surface area contributed by atoms with Gasteiger partial charge in [-0.15, -0.1) is 0 Å². The Morgan fingerprint density at radius 3 is 2.57 bits per heavy atom. The molecule has 0 fully saturated rings. The number of hydrazone groups is 1. The van der Waals surface area contributed by atoms with Gasteiger partial charge in [0.2, 0.25) is 0 Å². The molecule has 0 aromatic carbocycles. The molecule has 0 saturated heterocycles. The molecular formula is C10H22N2O2. The lowest BCUT2D eigenvalue weighted by Crippen LogP contribution is -2.30. The minimum Gasteiger partial charge on any atom is -0.356 e. The van der Waals surface area contributed by atoms with Crippen molar-refractivity contribution in [3.63, 3.8) is 0 Å². The van der Waals surface area contributed by atoms with Crippen LogP contribution in [0.15, 0.2) is 5.10 Å². The Bertz CT molecular complexity index is 151. The van der Waals surface area contributed by atoms with Crippen molar-refractivity contribution in [3.8, 4) is 0 Å². The first-order chi connectivity index (χ1) is 6.76. The summed E-state index contributed by atoms with van der Waals surface area (Å²) in [7, 11) is 1.91. The highest BCUT2D eigenvalue weighted by atomic mass is 16.7. The molecule has 0 N–H and O–H groups in total. The van der Waals surface area contributed by atoms with E-state index in [1.54, 1.807) is 0 Å². The van der Waals surface area contributed by atoms with Crippen LogP contribution in [-0.4, -0.2) is 37.9 Å². The minimum atomic E-state index is 0.00403. The second-order valence-corrected chi connectivity index (χ2v) is 2.92. The highest BCUT2D eigenvalue weighted by molar-refractivity contribution is 5.55. The first-order valence-electron chi connectivity index (χ1n) is 5.20. The first kappa shape index (κ1) is 13.4. The summed E-state index contributed by atoms with van der Waals surface area (Å²) in [5, 5.41) is 6.04. The maximum atomic E-state index is 5.48. The van der Waals surface area contributed by atoms with Gasteiger partial charge < -0.3 is 9.47 Å². The summed E-state index contributed by atoms with van der Waals surface area (Å²) >= 11 is 0. The van der Waals surface area contributed by atoms with Gasteiger partial charge in [-0.2, -0.15) is 5.10 Å². The summed E-state index contributed by atoms with van der Waals surface area (Å²) in [4.78, 5) is 0. The van der Waals surface area contributed by atoms with Gasteiger partial charge >= 0.3 is 0 Å². The lowest BCUT2D eigenvalue weighted by atomic mass is 10.4. The molecule has 0 aliphatic carbocycles. The van der Waals surface area contributed by atoms with Crippen LogP contribution in [0.5, 0.6) is 0 Å². The summed E-state index contributed by atoms with van der Waals surface area (Å²) in [6, 6.07) is 0. The molecular weight excluding hydrogens is 180 g/mol. The Morgan fingerprint density at radius 1 is 1.36 bits per heavy atom. The Balaban J connectivity index is 3.80. The lowest BCUT2D eigenvalue weighted by Gasteiger charge is -2.24. The van der Waals surface area contributed by atoms with Gasteiger partial charge in [0.05, 0.1) is 0 Å². The molecule has 4 heteroatoms. The van der Waals surface area contributed by atoms with Gasteiger partial charge in [-0.3, -0.25) is 5.01 Å². The normalized spacial score (nSPS) is 13.4. The van der Waals surface area contributed by atoms with E-state index in [2.05, 4.69) is 18.9 Å². The number of ether oxygens (including phenoxy) is 2. The van der Waals surface area contributed by atoms with Crippen molar-refractivity contribution in [2.45, 2.75) is 39.8 Å². The predicted octanol–water partition coefficient (Wildman–Crippen LogP) is 2.06. The van der Waals surface area contributed by atoms with Crippen molar-refractivity contribution in [2.24, 2.45) is 5.10 Å². The quantitative estimate of drug-likeness (QED) is 0.261. The fourth-order valence-electron chi connectivity index (χ4n) is 0.985. The smallest absolute Gasteiger partial charge is 0.149 e. The van der Waals surface area contributed by atoms with Gasteiger partial charge in [0.15, 0.2) is 0 Å². The van der Waals surface area contributed by atoms with Crippen molar-refractivity contribution in [2.75, 3.05) is 20.4 Å². The first-order valence-corrected chi connectivity index (χ1v) is 5.20. The molecule has 0 aromatic rings. The van der Waals surface area contributed by atoms with Crippen molar-refractivity contribution in [1.82, 2.24) is 5.01 Å². The highest BCUT2D eigenvalue weighted by Gasteiger charge is 2.09. The molecule has 1 atom stereocenters. The van der Waals surface area contributed by atoms with Gasteiger partial charge in [0, 0.05) is 19.9 Å². The standard InChI is InChI=1S/C10H22N2O2/c1-5-8-11-12(4)10(6-2)14-9-13-7-3/h8,10H,5-7,9H2,1-4H3/b11-8-. The van der Waals surface area contributed by atoms with Crippen LogP contribution >= 0.6 is 0 Å². The van der Waals surface area contributed by atoms with Crippen LogP contribution in [0.1, 0.15) is 33.6 Å². The van der Waals surface area contributed by atoms with E-state index in [-0.39, 0.29) is 6.23 Å². The van der Waals surface area contributed by atoms with Gasteiger partial charge in [-0.05, 0) is 19.8 Å². The monoisotopic (exact) mass is 202 g/mol. The van der Waals surface area contributed by atoms with Gasteiger partial charge in [-0.25, -0.2) is 0 Å². The third kappa shape index (κ3) is 5.94. The second-order valence-electron chi connectivity index (χ2n) is 2.92. The van der Waals surface area contributed by atoms with Crippen molar-refractivity contribution in [3.05, 3.63) is 0 Å². The van der Waals surface area contributed by atoms with Crippen LogP contribution in [0.4, 0.5) is 0 Å². The van der Waals surface area contributed by atoms with Crippen LogP contribution in [0.25, 0.3) is 0 Å². The topological polar surface area (TPSA) is 34.1 Å². The summed E-state index contributed by atoms with van der Waals surface area (Å²) in [5.74, 6) is 0. The largest absolute Gasteiger partial charge is 0.356 e. The van der Waals surface area contributed by atoms with E-state index in [0.29, 0.717) is 13.4 Å². The molecule has 4 nitrogen and oxygen atoms in total. The minimum absolute atomic E-state index is 0.00403. The molecule has 0 amide bonds. The average Bonchev–Trinajstić information content (AvgIpc) is 2.21. The van der Waals surface area contributed by atoms with Crippen LogP contribution in [0, 0.1) is 0 Å². The maximum absolute atomic E-state index is 5.48. The zero-order chi connectivity index (χ0) is 10.8. The summed E-state index contributed by atoms with van der Waals surface area (Å²) in [6.45, 7) is 7.08. The van der Waals surface area contributed by atoms with Crippen LogP contribution in [0.3, 0.4) is 0 Å². The van der Waals surface area contributed by atoms with Crippen LogP contribution in [0.2, 0.25) is 0 Å². The molecule has 0 aromatic heterocycles. The molecule has 0 saturated carbocycles. The molecule has 0 spiro atoms. The molecule has 84 valence electrons. The number of hydrogen-bond acceptors (Lipinski definition) is 4. The van der Waals surface area contributed by atoms with Crippen LogP contribution in [-0.2, 0) is 9.47 Å². The summed E-state index contributed by atoms with van der Waals surface area (Å²) in [5.41, 5.74) is 0. The van der Waals surface area contributed by atoms with E-state index >= 15 is 0 Å². The molecule has 0 aliphatic heterocycles. The zero-order valence-electron chi connectivity index (χ0n) is 9.69. The maximum Gasteiger partial charge on any atom is 0.149 e. The average molecular weight is 202 g/mol. The summed E-state index contributed by atoms with van der Waals surface area (Å²) in [6.07, 6.45) is 3.70. The SMILES string of the molecule is CC/C=N\N(C)C(CC)OCOCC. The Hall–Kier alpha value is -0.610. The Morgan fingerprint density at radius 2 is 2.07 bits per heavy atom. The third-order valence-corrected chi connectivity index (χ3v) is 1.76. The molecule has 0 aliphatic rings. The lowest BCUT2D eigenvalue weighted by molar-refractivity contribution is -0.135. The predicted molar refractivity (Wildman–Crippen MR) is 58.2 cm³/mol. The molecule has 0 radical (unpaired) electrons. The van der Waals surface area contributed by atoms with E-state index in [0.717, 1.165) is 12.8 Å². The van der Waals surface area contributed by atoms with E-state index in [1.165, 1.54) is 0 Å². The van der Waals surface area contributed by atoms with E-state index < -0.39 is 0 Å². The fraction of sp³-hybridized carbons (Fsp3) is 0.900. The zero-order valence-corrected chi connectivity index (χ0v) is 9.69. The number of nitrogens with zero attached hydrogens (tertiary/aromatic N) is 2. The van der Waals surface area contributed by atoms with E-state index in [4.69, 9.17) is 9.47 Å². The molecule has 0 heterocycles. The van der Waals surface area contributed by atoms with Crippen LogP contribution < -0.4 is 0 Å². The third-order valence-electron chi connectivity index (χ3n) is 1.76. The Kier molecular flexibility index (Phi) is 8.57. The van der Waals surface area contributed by atoms with Crippen molar-refractivity contribution >= 4 is 6.21 Å². The second kappa shape index (κ2) is 8.97. The fourth-order valence-corrected chi connectivity index (χ4v) is 0.985. The molecule has 0 bridgehead atoms.